The number of benzene rings is 1. The van der Waals surface area contributed by atoms with Crippen molar-refractivity contribution in [2.24, 2.45) is 0 Å². The number of nitrogens with one attached hydrogen (secondary N) is 1. The molecule has 1 aromatic heterocycles. The Labute approximate surface area is 117 Å². The van der Waals surface area contributed by atoms with E-state index in [4.69, 9.17) is 4.74 Å². The Balaban J connectivity index is 2.07. The van der Waals surface area contributed by atoms with Crippen LogP contribution in [0.2, 0.25) is 0 Å². The van der Waals surface area contributed by atoms with E-state index in [2.05, 4.69) is 14.7 Å². The quantitative estimate of drug-likeness (QED) is 0.934. The first kappa shape index (κ1) is 14.6. The van der Waals surface area contributed by atoms with Gasteiger partial charge in [0.25, 0.3) is 0 Å². The normalized spacial score (nSPS) is 13.1. The van der Waals surface area contributed by atoms with Crippen molar-refractivity contribution in [2.45, 2.75) is 19.1 Å². The van der Waals surface area contributed by atoms with E-state index in [1.807, 2.05) is 19.1 Å². The summed E-state index contributed by atoms with van der Waals surface area (Å²) in [5.74, 6) is -0.400. The van der Waals surface area contributed by atoms with E-state index >= 15 is 0 Å². The maximum Gasteiger partial charge on any atom is 0.452 e. The van der Waals surface area contributed by atoms with Gasteiger partial charge in [-0.2, -0.15) is 22.5 Å². The molecule has 0 bridgehead atoms. The average Bonchev–Trinajstić information content (AvgIpc) is 2.87. The second-order valence-electron chi connectivity index (χ2n) is 4.06. The molecular weight excluding hydrogens is 291 g/mol. The number of hydrogen-bond donors (Lipinski definition) is 1. The number of methoxy groups -OCH3 is 1. The molecule has 0 saturated heterocycles. The molecule has 0 radical (unpaired) electrons. The molecule has 8 heteroatoms. The summed E-state index contributed by atoms with van der Waals surface area (Å²) in [5.41, 5.74) is 0.912. The molecule has 0 spiro atoms. The van der Waals surface area contributed by atoms with E-state index in [-0.39, 0.29) is 11.2 Å². The Hall–Kier alpha value is -1.83. The monoisotopic (exact) mass is 303 g/mol. The van der Waals surface area contributed by atoms with Gasteiger partial charge in [-0.1, -0.05) is 12.1 Å². The second kappa shape index (κ2) is 5.66. The molecule has 0 saturated carbocycles. The number of hydrogen-bond acceptors (Lipinski definition) is 5. The van der Waals surface area contributed by atoms with Crippen LogP contribution in [0, 0.1) is 0 Å². The van der Waals surface area contributed by atoms with Crippen molar-refractivity contribution in [3.05, 3.63) is 35.7 Å². The van der Waals surface area contributed by atoms with Crippen LogP contribution in [-0.2, 0) is 6.18 Å². The van der Waals surface area contributed by atoms with Crippen LogP contribution in [0.5, 0.6) is 5.75 Å². The van der Waals surface area contributed by atoms with Gasteiger partial charge in [0.2, 0.25) is 11.0 Å². The average molecular weight is 303 g/mol. The van der Waals surface area contributed by atoms with Crippen molar-refractivity contribution >= 4 is 16.7 Å². The summed E-state index contributed by atoms with van der Waals surface area (Å²) in [7, 11) is 1.57. The molecule has 0 aliphatic rings. The number of rotatable bonds is 4. The third-order valence-corrected chi connectivity index (χ3v) is 3.28. The third kappa shape index (κ3) is 3.38. The largest absolute Gasteiger partial charge is 0.497 e. The van der Waals surface area contributed by atoms with Crippen LogP contribution in [-0.4, -0.2) is 16.5 Å². The van der Waals surface area contributed by atoms with Crippen molar-refractivity contribution in [3.63, 3.8) is 0 Å². The molecule has 1 atom stereocenters. The summed E-state index contributed by atoms with van der Waals surface area (Å²) in [5, 5.41) is 3.03. The zero-order valence-electron chi connectivity index (χ0n) is 10.7. The highest BCUT2D eigenvalue weighted by Gasteiger charge is 2.36. The molecule has 0 aliphatic heterocycles. The van der Waals surface area contributed by atoms with Crippen LogP contribution in [0.1, 0.15) is 24.4 Å². The van der Waals surface area contributed by atoms with Gasteiger partial charge >= 0.3 is 6.18 Å². The van der Waals surface area contributed by atoms with Crippen molar-refractivity contribution in [1.29, 1.82) is 0 Å². The Kier molecular flexibility index (Phi) is 4.12. The third-order valence-electron chi connectivity index (χ3n) is 2.64. The first-order valence-electron chi connectivity index (χ1n) is 5.71. The lowest BCUT2D eigenvalue weighted by molar-refractivity contribution is -0.144. The Bertz CT molecular complexity index is 568. The molecule has 0 fully saturated rings. The fourth-order valence-corrected chi connectivity index (χ4v) is 2.23. The highest BCUT2D eigenvalue weighted by molar-refractivity contribution is 7.09. The van der Waals surface area contributed by atoms with E-state index in [1.54, 1.807) is 19.2 Å². The van der Waals surface area contributed by atoms with Crippen LogP contribution in [0.15, 0.2) is 24.3 Å². The van der Waals surface area contributed by atoms with E-state index in [0.29, 0.717) is 11.5 Å². The van der Waals surface area contributed by atoms with Crippen molar-refractivity contribution in [2.75, 3.05) is 12.4 Å². The minimum atomic E-state index is -4.51. The molecule has 1 heterocycles. The van der Waals surface area contributed by atoms with Gasteiger partial charge in [-0.3, -0.25) is 0 Å². The summed E-state index contributed by atoms with van der Waals surface area (Å²) in [6.07, 6.45) is -4.51. The maximum atomic E-state index is 12.4. The molecule has 1 N–H and O–H groups in total. The number of alkyl halides is 3. The standard InChI is InChI=1S/C12H12F3N3OS/c1-7(8-3-5-9(19-2)6-4-8)16-11-17-10(18-20-11)12(13,14)15/h3-7H,1-2H3,(H,16,17,18). The summed E-state index contributed by atoms with van der Waals surface area (Å²) >= 11 is 0.690. The minimum absolute atomic E-state index is 0.139. The smallest absolute Gasteiger partial charge is 0.452 e. The topological polar surface area (TPSA) is 47.0 Å². The fraction of sp³-hybridized carbons (Fsp3) is 0.333. The Morgan fingerprint density at radius 1 is 1.25 bits per heavy atom. The molecule has 0 aliphatic carbocycles. The van der Waals surface area contributed by atoms with Gasteiger partial charge in [-0.15, -0.1) is 0 Å². The maximum absolute atomic E-state index is 12.4. The number of aromatic nitrogens is 2. The number of nitrogens with zero attached hydrogens (tertiary/aromatic N) is 2. The molecule has 0 amide bonds. The zero-order valence-corrected chi connectivity index (χ0v) is 11.5. The van der Waals surface area contributed by atoms with Crippen LogP contribution in [0.4, 0.5) is 18.3 Å². The van der Waals surface area contributed by atoms with Gasteiger partial charge in [0.1, 0.15) is 5.75 Å². The highest BCUT2D eigenvalue weighted by atomic mass is 32.1. The van der Waals surface area contributed by atoms with Gasteiger partial charge in [0.05, 0.1) is 13.2 Å². The van der Waals surface area contributed by atoms with E-state index in [9.17, 15) is 13.2 Å². The van der Waals surface area contributed by atoms with E-state index in [1.165, 1.54) is 0 Å². The fourth-order valence-electron chi connectivity index (χ4n) is 1.56. The first-order valence-corrected chi connectivity index (χ1v) is 6.49. The lowest BCUT2D eigenvalue weighted by Crippen LogP contribution is -2.09. The Morgan fingerprint density at radius 3 is 2.40 bits per heavy atom. The molecule has 2 rings (SSSR count). The van der Waals surface area contributed by atoms with Gasteiger partial charge in [0, 0.05) is 11.5 Å². The predicted octanol–water partition coefficient (Wildman–Crippen LogP) is 3.74. The molecular formula is C12H12F3N3OS. The SMILES string of the molecule is COc1ccc(C(C)Nc2nc(C(F)(F)F)ns2)cc1. The minimum Gasteiger partial charge on any atom is -0.497 e. The summed E-state index contributed by atoms with van der Waals surface area (Å²) in [6.45, 7) is 1.83. The second-order valence-corrected chi connectivity index (χ2v) is 4.81. The summed E-state index contributed by atoms with van der Waals surface area (Å²) in [4.78, 5) is 3.43. The first-order chi connectivity index (χ1) is 9.40. The molecule has 108 valence electrons. The van der Waals surface area contributed by atoms with E-state index in [0.717, 1.165) is 11.3 Å². The van der Waals surface area contributed by atoms with Gasteiger partial charge < -0.3 is 10.1 Å². The van der Waals surface area contributed by atoms with Crippen LogP contribution in [0.25, 0.3) is 0 Å². The van der Waals surface area contributed by atoms with Gasteiger partial charge in [0.15, 0.2) is 0 Å². The molecule has 20 heavy (non-hydrogen) atoms. The van der Waals surface area contributed by atoms with Gasteiger partial charge in [-0.25, -0.2) is 0 Å². The molecule has 1 unspecified atom stereocenters. The lowest BCUT2D eigenvalue weighted by atomic mass is 10.1. The number of anilines is 1. The number of halogens is 3. The van der Waals surface area contributed by atoms with Crippen LogP contribution in [0.3, 0.4) is 0 Å². The van der Waals surface area contributed by atoms with Crippen molar-refractivity contribution in [1.82, 2.24) is 9.36 Å². The van der Waals surface area contributed by atoms with E-state index < -0.39 is 12.0 Å². The highest BCUT2D eigenvalue weighted by Crippen LogP contribution is 2.30. The lowest BCUT2D eigenvalue weighted by Gasteiger charge is -2.13. The molecule has 4 nitrogen and oxygen atoms in total. The van der Waals surface area contributed by atoms with Gasteiger partial charge in [-0.05, 0) is 24.6 Å². The molecule has 1 aromatic carbocycles. The Morgan fingerprint density at radius 2 is 1.90 bits per heavy atom. The molecule has 2 aromatic rings. The van der Waals surface area contributed by atoms with Crippen LogP contribution >= 0.6 is 11.5 Å². The summed E-state index contributed by atoms with van der Waals surface area (Å²) in [6, 6.07) is 7.06. The number of ether oxygens (including phenoxy) is 1. The van der Waals surface area contributed by atoms with Crippen LogP contribution < -0.4 is 10.1 Å². The predicted molar refractivity (Wildman–Crippen MR) is 69.9 cm³/mol. The van der Waals surface area contributed by atoms with Crippen molar-refractivity contribution in [3.8, 4) is 5.75 Å². The zero-order chi connectivity index (χ0) is 14.8. The summed E-state index contributed by atoms with van der Waals surface area (Å²) < 4.78 is 45.5. The van der Waals surface area contributed by atoms with Crippen molar-refractivity contribution < 1.29 is 17.9 Å².